The number of pyridine rings is 1. The van der Waals surface area contributed by atoms with E-state index in [1.807, 2.05) is 42.5 Å². The van der Waals surface area contributed by atoms with Crippen molar-refractivity contribution in [3.8, 4) is 22.4 Å². The quantitative estimate of drug-likeness (QED) is 0.575. The molecule has 0 radical (unpaired) electrons. The molecule has 0 aliphatic rings. The van der Waals surface area contributed by atoms with Crippen LogP contribution in [-0.4, -0.2) is 34.0 Å². The Labute approximate surface area is 138 Å². The van der Waals surface area contributed by atoms with Crippen molar-refractivity contribution in [3.63, 3.8) is 0 Å². The topological polar surface area (TPSA) is 67.9 Å². The zero-order valence-electron chi connectivity index (χ0n) is 12.5. The third kappa shape index (κ3) is 3.43. The number of hydrogen-bond acceptors (Lipinski definition) is 5. The van der Waals surface area contributed by atoms with Crippen molar-refractivity contribution >= 4 is 17.7 Å². The summed E-state index contributed by atoms with van der Waals surface area (Å²) in [5.74, 6) is -0.0619. The van der Waals surface area contributed by atoms with Crippen LogP contribution in [0.5, 0.6) is 0 Å². The predicted molar refractivity (Wildman–Crippen MR) is 90.0 cm³/mol. The summed E-state index contributed by atoms with van der Waals surface area (Å²) in [6.07, 6.45) is 3.48. The van der Waals surface area contributed by atoms with Gasteiger partial charge in [-0.2, -0.15) is 5.10 Å². The Balaban J connectivity index is 2.04. The summed E-state index contributed by atoms with van der Waals surface area (Å²) in [5, 5.41) is 8.24. The van der Waals surface area contributed by atoms with E-state index in [0.717, 1.165) is 27.4 Å². The summed E-state index contributed by atoms with van der Waals surface area (Å²) in [6, 6.07) is 13.8. The molecular formula is C17H15N3O2S. The second-order valence-electron chi connectivity index (χ2n) is 4.75. The lowest BCUT2D eigenvalue weighted by Crippen LogP contribution is -2.03. The molecule has 0 unspecified atom stereocenters. The maximum Gasteiger partial charge on any atom is 0.316 e. The molecule has 0 saturated carbocycles. The van der Waals surface area contributed by atoms with Gasteiger partial charge in [-0.3, -0.25) is 14.9 Å². The van der Waals surface area contributed by atoms with Crippen LogP contribution in [0, 0.1) is 0 Å². The first-order valence-electron chi connectivity index (χ1n) is 7.03. The van der Waals surface area contributed by atoms with Crippen LogP contribution in [-0.2, 0) is 9.53 Å². The number of aromatic nitrogens is 3. The van der Waals surface area contributed by atoms with E-state index in [1.54, 1.807) is 12.4 Å². The van der Waals surface area contributed by atoms with Gasteiger partial charge in [0.05, 0.1) is 18.6 Å². The van der Waals surface area contributed by atoms with Crippen LogP contribution < -0.4 is 0 Å². The molecule has 1 aromatic carbocycles. The molecule has 3 aromatic rings. The summed E-state index contributed by atoms with van der Waals surface area (Å²) in [7, 11) is 1.38. The van der Waals surface area contributed by atoms with Gasteiger partial charge in [0.2, 0.25) is 0 Å². The first-order chi connectivity index (χ1) is 11.3. The highest BCUT2D eigenvalue weighted by molar-refractivity contribution is 8.00. The fourth-order valence-corrected chi connectivity index (χ4v) is 3.06. The van der Waals surface area contributed by atoms with E-state index in [2.05, 4.69) is 15.2 Å². The third-order valence-electron chi connectivity index (χ3n) is 3.32. The SMILES string of the molecule is COC(=O)CSc1n[nH]c(-c2ccccc2)c1-c1ccncc1. The highest BCUT2D eigenvalue weighted by Crippen LogP contribution is 2.37. The first-order valence-corrected chi connectivity index (χ1v) is 8.02. The predicted octanol–water partition coefficient (Wildman–Crippen LogP) is 3.40. The number of benzene rings is 1. The largest absolute Gasteiger partial charge is 0.468 e. The van der Waals surface area contributed by atoms with Gasteiger partial charge in [0.1, 0.15) is 5.03 Å². The van der Waals surface area contributed by atoms with Crippen LogP contribution in [0.2, 0.25) is 0 Å². The molecule has 3 rings (SSSR count). The second kappa shape index (κ2) is 7.11. The molecule has 0 aliphatic carbocycles. The average Bonchev–Trinajstić information content (AvgIpc) is 3.05. The summed E-state index contributed by atoms with van der Waals surface area (Å²) in [4.78, 5) is 15.5. The minimum absolute atomic E-state index is 0.216. The monoisotopic (exact) mass is 325 g/mol. The van der Waals surface area contributed by atoms with Crippen LogP contribution in [0.3, 0.4) is 0 Å². The first kappa shape index (κ1) is 15.3. The van der Waals surface area contributed by atoms with Gasteiger partial charge in [-0.25, -0.2) is 0 Å². The van der Waals surface area contributed by atoms with Crippen molar-refractivity contribution in [3.05, 3.63) is 54.9 Å². The third-order valence-corrected chi connectivity index (χ3v) is 4.27. The van der Waals surface area contributed by atoms with Gasteiger partial charge in [0.15, 0.2) is 0 Å². The Kier molecular flexibility index (Phi) is 4.73. The number of nitrogens with one attached hydrogen (secondary N) is 1. The number of methoxy groups -OCH3 is 1. The van der Waals surface area contributed by atoms with Gasteiger partial charge >= 0.3 is 5.97 Å². The van der Waals surface area contributed by atoms with E-state index in [4.69, 9.17) is 4.74 Å². The van der Waals surface area contributed by atoms with E-state index < -0.39 is 0 Å². The molecule has 0 amide bonds. The number of rotatable bonds is 5. The Morgan fingerprint density at radius 3 is 2.57 bits per heavy atom. The normalized spacial score (nSPS) is 10.5. The van der Waals surface area contributed by atoms with E-state index in [0.29, 0.717) is 0 Å². The second-order valence-corrected chi connectivity index (χ2v) is 5.71. The van der Waals surface area contributed by atoms with Crippen LogP contribution in [0.15, 0.2) is 59.9 Å². The molecule has 0 fully saturated rings. The molecule has 0 aliphatic heterocycles. The van der Waals surface area contributed by atoms with Gasteiger partial charge in [-0.1, -0.05) is 42.1 Å². The zero-order valence-corrected chi connectivity index (χ0v) is 13.3. The number of esters is 1. The van der Waals surface area contributed by atoms with Gasteiger partial charge in [-0.15, -0.1) is 0 Å². The lowest BCUT2D eigenvalue weighted by molar-refractivity contribution is -0.137. The van der Waals surface area contributed by atoms with Crippen molar-refractivity contribution in [2.24, 2.45) is 0 Å². The molecule has 6 heteroatoms. The number of nitrogens with zero attached hydrogens (tertiary/aromatic N) is 2. The fraction of sp³-hybridized carbons (Fsp3) is 0.118. The van der Waals surface area contributed by atoms with E-state index in [9.17, 15) is 4.79 Å². The Bertz CT molecular complexity index is 788. The molecule has 0 saturated heterocycles. The minimum atomic E-state index is -0.278. The number of thioether (sulfide) groups is 1. The molecule has 23 heavy (non-hydrogen) atoms. The van der Waals surface area contributed by atoms with Gasteiger partial charge < -0.3 is 4.74 Å². The van der Waals surface area contributed by atoms with Crippen LogP contribution in [0.25, 0.3) is 22.4 Å². The Morgan fingerprint density at radius 1 is 1.13 bits per heavy atom. The maximum atomic E-state index is 11.4. The highest BCUT2D eigenvalue weighted by Gasteiger charge is 2.18. The average molecular weight is 325 g/mol. The zero-order chi connectivity index (χ0) is 16.1. The lowest BCUT2D eigenvalue weighted by Gasteiger charge is -2.06. The Hall–Kier alpha value is -2.60. The van der Waals surface area contributed by atoms with Crippen LogP contribution >= 0.6 is 11.8 Å². The summed E-state index contributed by atoms with van der Waals surface area (Å²) in [6.45, 7) is 0. The Morgan fingerprint density at radius 2 is 1.87 bits per heavy atom. The fourth-order valence-electron chi connectivity index (χ4n) is 2.22. The lowest BCUT2D eigenvalue weighted by atomic mass is 10.0. The number of ether oxygens (including phenoxy) is 1. The molecule has 0 atom stereocenters. The standard InChI is InChI=1S/C17H15N3O2S/c1-22-14(21)11-23-17-15(12-7-9-18-10-8-12)16(19-20-17)13-5-3-2-4-6-13/h2-10H,11H2,1H3,(H,19,20). The van der Waals surface area contributed by atoms with Crippen LogP contribution in [0.1, 0.15) is 0 Å². The smallest absolute Gasteiger partial charge is 0.316 e. The molecule has 0 bridgehead atoms. The molecule has 2 heterocycles. The van der Waals surface area contributed by atoms with Gasteiger partial charge in [0, 0.05) is 23.5 Å². The van der Waals surface area contributed by atoms with Crippen molar-refractivity contribution in [2.75, 3.05) is 12.9 Å². The molecule has 1 N–H and O–H groups in total. The van der Waals surface area contributed by atoms with Crippen molar-refractivity contribution in [1.29, 1.82) is 0 Å². The van der Waals surface area contributed by atoms with E-state index in [-0.39, 0.29) is 11.7 Å². The molecular weight excluding hydrogens is 310 g/mol. The number of H-pyrrole nitrogens is 1. The van der Waals surface area contributed by atoms with Crippen molar-refractivity contribution in [1.82, 2.24) is 15.2 Å². The molecule has 0 spiro atoms. The van der Waals surface area contributed by atoms with Crippen LogP contribution in [0.4, 0.5) is 0 Å². The summed E-state index contributed by atoms with van der Waals surface area (Å²) >= 11 is 1.35. The molecule has 5 nitrogen and oxygen atoms in total. The number of carbonyl (C=O) groups excluding carboxylic acids is 1. The molecule has 2 aromatic heterocycles. The summed E-state index contributed by atoms with van der Waals surface area (Å²) in [5.41, 5.74) is 3.92. The molecule has 116 valence electrons. The van der Waals surface area contributed by atoms with E-state index >= 15 is 0 Å². The number of carbonyl (C=O) groups is 1. The summed E-state index contributed by atoms with van der Waals surface area (Å²) < 4.78 is 4.70. The minimum Gasteiger partial charge on any atom is -0.468 e. The number of aromatic amines is 1. The van der Waals surface area contributed by atoms with E-state index in [1.165, 1.54) is 18.9 Å². The van der Waals surface area contributed by atoms with Crippen molar-refractivity contribution in [2.45, 2.75) is 5.03 Å². The van der Waals surface area contributed by atoms with Crippen molar-refractivity contribution < 1.29 is 9.53 Å². The number of hydrogen-bond donors (Lipinski definition) is 1. The highest BCUT2D eigenvalue weighted by atomic mass is 32.2. The van der Waals surface area contributed by atoms with Gasteiger partial charge in [0.25, 0.3) is 0 Å². The maximum absolute atomic E-state index is 11.4. The van der Waals surface area contributed by atoms with Gasteiger partial charge in [-0.05, 0) is 17.7 Å².